The molecule has 0 aliphatic rings. The number of aliphatic hydroxyl groups excluding tert-OH is 2. The number of aliphatic hydroxyl groups is 2. The molecule has 0 bridgehead atoms. The zero-order valence-electron chi connectivity index (χ0n) is 7.50. The quantitative estimate of drug-likeness (QED) is 0.517. The number of nitrogens with two attached hydrogens (primary N) is 1. The van der Waals surface area contributed by atoms with Crippen molar-refractivity contribution in [2.24, 2.45) is 5.73 Å². The van der Waals surface area contributed by atoms with E-state index in [1.165, 1.54) is 10.9 Å². The fraction of sp³-hybridized carbons (Fsp3) is 0.571. The van der Waals surface area contributed by atoms with Crippen LogP contribution in [0.2, 0.25) is 0 Å². The highest BCUT2D eigenvalue weighted by molar-refractivity contribution is 5.79. The molecule has 1 rings (SSSR count). The first-order valence-corrected chi connectivity index (χ1v) is 4.13. The van der Waals surface area contributed by atoms with Gasteiger partial charge < -0.3 is 15.9 Å². The first-order chi connectivity index (χ1) is 6.65. The van der Waals surface area contributed by atoms with E-state index in [0.717, 1.165) is 0 Å². The second-order valence-corrected chi connectivity index (χ2v) is 2.79. The molecule has 0 aliphatic heterocycles. The number of amides is 1. The largest absolute Gasteiger partial charge is 0.396 e. The summed E-state index contributed by atoms with van der Waals surface area (Å²) < 4.78 is 1.43. The molecule has 0 aromatic carbocycles. The van der Waals surface area contributed by atoms with Gasteiger partial charge >= 0.3 is 0 Å². The van der Waals surface area contributed by atoms with Gasteiger partial charge in [0.15, 0.2) is 6.10 Å². The van der Waals surface area contributed by atoms with Gasteiger partial charge in [0.05, 0.1) is 6.20 Å². The smallest absolute Gasteiger partial charge is 0.252 e. The lowest BCUT2D eigenvalue weighted by molar-refractivity contribution is -0.126. The molecule has 0 saturated heterocycles. The van der Waals surface area contributed by atoms with Crippen molar-refractivity contribution in [3.63, 3.8) is 0 Å². The van der Waals surface area contributed by atoms with Crippen LogP contribution >= 0.6 is 0 Å². The first-order valence-electron chi connectivity index (χ1n) is 4.13. The van der Waals surface area contributed by atoms with Crippen LogP contribution in [0.4, 0.5) is 0 Å². The third-order valence-corrected chi connectivity index (χ3v) is 1.65. The van der Waals surface area contributed by atoms with Crippen molar-refractivity contribution in [1.82, 2.24) is 15.0 Å². The SMILES string of the molecule is NC(=O)C(O)c1cn(CCCO)nn1. The summed E-state index contributed by atoms with van der Waals surface area (Å²) in [6.45, 7) is 0.530. The summed E-state index contributed by atoms with van der Waals surface area (Å²) in [5.74, 6) is -0.862. The third-order valence-electron chi connectivity index (χ3n) is 1.65. The summed E-state index contributed by atoms with van der Waals surface area (Å²) in [4.78, 5) is 10.6. The predicted molar refractivity (Wildman–Crippen MR) is 45.9 cm³/mol. The minimum absolute atomic E-state index is 0.0492. The van der Waals surface area contributed by atoms with Gasteiger partial charge in [0.25, 0.3) is 5.91 Å². The normalized spacial score (nSPS) is 12.7. The number of aromatic nitrogens is 3. The Hall–Kier alpha value is -1.47. The van der Waals surface area contributed by atoms with E-state index >= 15 is 0 Å². The van der Waals surface area contributed by atoms with E-state index in [9.17, 15) is 9.90 Å². The molecular weight excluding hydrogens is 188 g/mol. The maximum atomic E-state index is 10.6. The van der Waals surface area contributed by atoms with Crippen LogP contribution in [0.3, 0.4) is 0 Å². The average molecular weight is 200 g/mol. The Bertz CT molecular complexity index is 312. The number of carbonyl (C=O) groups is 1. The van der Waals surface area contributed by atoms with E-state index in [4.69, 9.17) is 10.8 Å². The Labute approximate surface area is 80.1 Å². The molecular formula is C7H12N4O3. The molecule has 4 N–H and O–H groups in total. The molecule has 0 spiro atoms. The zero-order valence-corrected chi connectivity index (χ0v) is 7.50. The number of nitrogens with zero attached hydrogens (tertiary/aromatic N) is 3. The van der Waals surface area contributed by atoms with Crippen LogP contribution < -0.4 is 5.73 Å². The van der Waals surface area contributed by atoms with E-state index in [1.54, 1.807) is 0 Å². The van der Waals surface area contributed by atoms with Crippen molar-refractivity contribution >= 4 is 5.91 Å². The van der Waals surface area contributed by atoms with Crippen molar-refractivity contribution in [1.29, 1.82) is 0 Å². The predicted octanol–water partition coefficient (Wildman–Crippen LogP) is -1.82. The molecule has 1 heterocycles. The molecule has 7 heteroatoms. The summed E-state index contributed by atoms with van der Waals surface area (Å²) >= 11 is 0. The Balaban J connectivity index is 2.63. The monoisotopic (exact) mass is 200 g/mol. The van der Waals surface area contributed by atoms with Crippen LogP contribution in [0.1, 0.15) is 18.2 Å². The number of carbonyl (C=O) groups excluding carboxylic acids is 1. The van der Waals surface area contributed by atoms with Gasteiger partial charge in [0.2, 0.25) is 0 Å². The number of aryl methyl sites for hydroxylation is 1. The summed E-state index contributed by atoms with van der Waals surface area (Å²) in [5, 5.41) is 25.0. The number of primary amides is 1. The molecule has 14 heavy (non-hydrogen) atoms. The van der Waals surface area contributed by atoms with Gasteiger partial charge in [-0.15, -0.1) is 5.10 Å². The summed E-state index contributed by atoms with van der Waals surface area (Å²) in [7, 11) is 0. The molecule has 0 aliphatic carbocycles. The van der Waals surface area contributed by atoms with Crippen LogP contribution in [0.15, 0.2) is 6.20 Å². The zero-order chi connectivity index (χ0) is 10.6. The standard InChI is InChI=1S/C7H12N4O3/c8-7(14)6(13)5-4-11(10-9-5)2-1-3-12/h4,6,12-13H,1-3H2,(H2,8,14). The molecule has 1 aromatic rings. The number of hydrogen-bond donors (Lipinski definition) is 3. The van der Waals surface area contributed by atoms with Crippen LogP contribution in [-0.2, 0) is 11.3 Å². The highest BCUT2D eigenvalue weighted by atomic mass is 16.3. The van der Waals surface area contributed by atoms with Gasteiger partial charge in [-0.1, -0.05) is 5.21 Å². The maximum Gasteiger partial charge on any atom is 0.252 e. The second-order valence-electron chi connectivity index (χ2n) is 2.79. The Kier molecular flexibility index (Phi) is 3.55. The van der Waals surface area contributed by atoms with Crippen LogP contribution in [-0.4, -0.2) is 37.7 Å². The second kappa shape index (κ2) is 4.68. The van der Waals surface area contributed by atoms with Gasteiger partial charge in [-0.3, -0.25) is 9.48 Å². The Morgan fingerprint density at radius 2 is 2.43 bits per heavy atom. The minimum atomic E-state index is -1.42. The van der Waals surface area contributed by atoms with Gasteiger partial charge in [0, 0.05) is 13.2 Å². The van der Waals surface area contributed by atoms with E-state index in [-0.39, 0.29) is 12.3 Å². The topological polar surface area (TPSA) is 114 Å². The van der Waals surface area contributed by atoms with Gasteiger partial charge in [0.1, 0.15) is 5.69 Å². The van der Waals surface area contributed by atoms with Gasteiger partial charge in [-0.05, 0) is 6.42 Å². The summed E-state index contributed by atoms with van der Waals surface area (Å²) in [5.41, 5.74) is 4.99. The first kappa shape index (κ1) is 10.6. The highest BCUT2D eigenvalue weighted by Crippen LogP contribution is 2.07. The van der Waals surface area contributed by atoms with Crippen molar-refractivity contribution < 1.29 is 15.0 Å². The molecule has 1 aromatic heterocycles. The van der Waals surface area contributed by atoms with Gasteiger partial charge in [-0.25, -0.2) is 0 Å². The van der Waals surface area contributed by atoms with Gasteiger partial charge in [-0.2, -0.15) is 0 Å². The van der Waals surface area contributed by atoms with E-state index in [0.29, 0.717) is 13.0 Å². The average Bonchev–Trinajstić information content (AvgIpc) is 2.61. The molecule has 0 fully saturated rings. The lowest BCUT2D eigenvalue weighted by Crippen LogP contribution is -2.21. The van der Waals surface area contributed by atoms with E-state index in [2.05, 4.69) is 10.3 Å². The van der Waals surface area contributed by atoms with Crippen molar-refractivity contribution in [3.05, 3.63) is 11.9 Å². The van der Waals surface area contributed by atoms with E-state index in [1.807, 2.05) is 0 Å². The molecule has 78 valence electrons. The highest BCUT2D eigenvalue weighted by Gasteiger charge is 2.17. The maximum absolute atomic E-state index is 10.6. The molecule has 1 amide bonds. The van der Waals surface area contributed by atoms with Crippen molar-refractivity contribution in [2.75, 3.05) is 6.61 Å². The number of hydrogen-bond acceptors (Lipinski definition) is 5. The molecule has 0 radical (unpaired) electrons. The fourth-order valence-electron chi connectivity index (χ4n) is 0.926. The molecule has 7 nitrogen and oxygen atoms in total. The lowest BCUT2D eigenvalue weighted by atomic mass is 10.3. The molecule has 0 saturated carbocycles. The fourth-order valence-corrected chi connectivity index (χ4v) is 0.926. The van der Waals surface area contributed by atoms with Crippen LogP contribution in [0.25, 0.3) is 0 Å². The molecule has 1 atom stereocenters. The third kappa shape index (κ3) is 2.51. The van der Waals surface area contributed by atoms with Crippen LogP contribution in [0.5, 0.6) is 0 Å². The van der Waals surface area contributed by atoms with Crippen LogP contribution in [0, 0.1) is 0 Å². The minimum Gasteiger partial charge on any atom is -0.396 e. The Morgan fingerprint density at radius 1 is 1.71 bits per heavy atom. The number of rotatable bonds is 5. The molecule has 1 unspecified atom stereocenters. The van der Waals surface area contributed by atoms with Crippen molar-refractivity contribution in [3.8, 4) is 0 Å². The Morgan fingerprint density at radius 3 is 3.00 bits per heavy atom. The van der Waals surface area contributed by atoms with E-state index < -0.39 is 12.0 Å². The summed E-state index contributed by atoms with van der Waals surface area (Å²) in [6, 6.07) is 0. The lowest BCUT2D eigenvalue weighted by Gasteiger charge is -1.99. The summed E-state index contributed by atoms with van der Waals surface area (Å²) in [6.07, 6.45) is 0.540. The van der Waals surface area contributed by atoms with Crippen molar-refractivity contribution in [2.45, 2.75) is 19.1 Å².